The molecule has 2 aliphatic rings. The van der Waals surface area contributed by atoms with Gasteiger partial charge in [-0.1, -0.05) is 23.2 Å². The Morgan fingerprint density at radius 2 is 1.96 bits per heavy atom. The van der Waals surface area contributed by atoms with Crippen molar-refractivity contribution in [1.29, 1.82) is 0 Å². The van der Waals surface area contributed by atoms with Crippen LogP contribution in [-0.2, 0) is 9.53 Å². The van der Waals surface area contributed by atoms with Gasteiger partial charge in [0.15, 0.2) is 0 Å². The van der Waals surface area contributed by atoms with Crippen LogP contribution in [0, 0.1) is 5.92 Å². The van der Waals surface area contributed by atoms with E-state index < -0.39 is 6.10 Å². The van der Waals surface area contributed by atoms with Crippen LogP contribution in [0.1, 0.15) is 17.9 Å². The van der Waals surface area contributed by atoms with E-state index in [0.717, 1.165) is 5.56 Å². The average molecular weight is 379 g/mol. The smallest absolute Gasteiger partial charge is 0.230 e. The van der Waals surface area contributed by atoms with Crippen molar-refractivity contribution in [3.63, 3.8) is 0 Å². The average Bonchev–Trinajstić information content (AvgIpc) is 3.16. The van der Waals surface area contributed by atoms with E-state index in [-0.39, 0.29) is 30.0 Å². The highest BCUT2D eigenvalue weighted by atomic mass is 35.5. The number of pyridine rings is 1. The highest BCUT2D eigenvalue weighted by molar-refractivity contribution is 6.42. The number of rotatable bonds is 3. The van der Waals surface area contributed by atoms with E-state index in [4.69, 9.17) is 27.9 Å². The van der Waals surface area contributed by atoms with Gasteiger partial charge in [0.1, 0.15) is 0 Å². The predicted molar refractivity (Wildman–Crippen MR) is 94.8 cm³/mol. The Balaban J connectivity index is 1.61. The lowest BCUT2D eigenvalue weighted by Gasteiger charge is -2.30. The van der Waals surface area contributed by atoms with Crippen LogP contribution in [0.2, 0.25) is 10.0 Å². The molecule has 0 aliphatic carbocycles. The molecule has 2 saturated heterocycles. The van der Waals surface area contributed by atoms with Gasteiger partial charge in [-0.25, -0.2) is 0 Å². The minimum atomic E-state index is -0.558. The van der Waals surface area contributed by atoms with Crippen molar-refractivity contribution >= 4 is 34.8 Å². The minimum Gasteiger partial charge on any atom is -0.390 e. The molecule has 25 heavy (non-hydrogen) atoms. The van der Waals surface area contributed by atoms with Crippen molar-refractivity contribution in [2.45, 2.75) is 30.7 Å². The number of aliphatic hydroxyl groups is 1. The van der Waals surface area contributed by atoms with Crippen LogP contribution in [0.5, 0.6) is 0 Å². The molecule has 1 aromatic heterocycles. The number of aliphatic hydroxyl groups excluding tert-OH is 1. The van der Waals surface area contributed by atoms with Crippen molar-refractivity contribution < 1.29 is 14.6 Å². The fourth-order valence-electron chi connectivity index (χ4n) is 3.83. The Morgan fingerprint density at radius 3 is 2.68 bits per heavy atom. The topological polar surface area (TPSA) is 71.5 Å². The Labute approximate surface area is 154 Å². The summed E-state index contributed by atoms with van der Waals surface area (Å²) in [6.45, 7) is 0. The van der Waals surface area contributed by atoms with Crippen LogP contribution in [-0.4, -0.2) is 34.3 Å². The van der Waals surface area contributed by atoms with Gasteiger partial charge in [0, 0.05) is 30.4 Å². The van der Waals surface area contributed by atoms with Crippen LogP contribution in [0.25, 0.3) is 0 Å². The number of anilines is 1. The Hall–Kier alpha value is -1.66. The van der Waals surface area contributed by atoms with Crippen molar-refractivity contribution in [2.24, 2.45) is 5.92 Å². The van der Waals surface area contributed by atoms with Crippen molar-refractivity contribution in [1.82, 2.24) is 4.98 Å². The van der Waals surface area contributed by atoms with E-state index >= 15 is 0 Å². The molecule has 4 rings (SSSR count). The summed E-state index contributed by atoms with van der Waals surface area (Å²) in [5.74, 6) is -0.746. The summed E-state index contributed by atoms with van der Waals surface area (Å²) >= 11 is 11.9. The van der Waals surface area contributed by atoms with Gasteiger partial charge in [0.05, 0.1) is 34.3 Å². The second-order valence-corrected chi connectivity index (χ2v) is 7.21. The molecule has 1 aromatic carbocycles. The lowest BCUT2D eigenvalue weighted by atomic mass is 9.74. The van der Waals surface area contributed by atoms with Crippen molar-refractivity contribution in [3.05, 3.63) is 58.3 Å². The summed E-state index contributed by atoms with van der Waals surface area (Å²) < 4.78 is 5.89. The Kier molecular flexibility index (Phi) is 4.41. The number of carbonyl (C=O) groups excluding carboxylic acids is 1. The quantitative estimate of drug-likeness (QED) is 0.859. The largest absolute Gasteiger partial charge is 0.390 e. The molecule has 2 bridgehead atoms. The number of amides is 1. The van der Waals surface area contributed by atoms with E-state index in [1.165, 1.54) is 0 Å². The third-order valence-corrected chi connectivity index (χ3v) is 5.65. The molecule has 2 fully saturated rings. The van der Waals surface area contributed by atoms with Crippen LogP contribution >= 0.6 is 23.2 Å². The first-order chi connectivity index (χ1) is 12.0. The van der Waals surface area contributed by atoms with Gasteiger partial charge in [-0.3, -0.25) is 9.78 Å². The number of benzene rings is 1. The summed E-state index contributed by atoms with van der Waals surface area (Å²) in [7, 11) is 0. The molecule has 3 heterocycles. The summed E-state index contributed by atoms with van der Waals surface area (Å²) in [6, 6.07) is 8.69. The van der Waals surface area contributed by atoms with Crippen LogP contribution in [0.3, 0.4) is 0 Å². The number of halogens is 2. The minimum absolute atomic E-state index is 0.153. The monoisotopic (exact) mass is 378 g/mol. The number of nitrogens with zero attached hydrogens (tertiary/aromatic N) is 1. The summed E-state index contributed by atoms with van der Waals surface area (Å²) in [5.41, 5.74) is 1.52. The number of nitrogens with one attached hydrogen (secondary N) is 1. The van der Waals surface area contributed by atoms with Crippen molar-refractivity contribution in [2.75, 3.05) is 5.32 Å². The molecule has 0 saturated carbocycles. The molecule has 5 atom stereocenters. The van der Waals surface area contributed by atoms with E-state index in [1.807, 2.05) is 12.1 Å². The van der Waals surface area contributed by atoms with E-state index in [2.05, 4.69) is 10.3 Å². The highest BCUT2D eigenvalue weighted by Crippen LogP contribution is 2.49. The number of aromatic nitrogens is 1. The Bertz CT molecular complexity index is 802. The molecule has 130 valence electrons. The second-order valence-electron chi connectivity index (χ2n) is 6.39. The van der Waals surface area contributed by atoms with Gasteiger partial charge in [-0.05, 0) is 35.9 Å². The first-order valence-electron chi connectivity index (χ1n) is 8.04. The molecule has 2 aliphatic heterocycles. The second kappa shape index (κ2) is 6.57. The molecule has 2 aromatic rings. The fraction of sp³-hybridized carbons (Fsp3) is 0.333. The third kappa shape index (κ3) is 3.02. The number of hydrogen-bond donors (Lipinski definition) is 2. The Morgan fingerprint density at radius 1 is 1.20 bits per heavy atom. The van der Waals surface area contributed by atoms with E-state index in [9.17, 15) is 9.90 Å². The molecular formula is C18H16Cl2N2O3. The first-order valence-corrected chi connectivity index (χ1v) is 8.79. The van der Waals surface area contributed by atoms with Crippen LogP contribution in [0.15, 0.2) is 42.7 Å². The maximum Gasteiger partial charge on any atom is 0.230 e. The zero-order chi connectivity index (χ0) is 17.6. The van der Waals surface area contributed by atoms with E-state index in [1.54, 1.807) is 30.6 Å². The molecule has 2 N–H and O–H groups in total. The third-order valence-electron chi connectivity index (χ3n) is 4.91. The zero-order valence-electron chi connectivity index (χ0n) is 13.1. The maximum atomic E-state index is 12.9. The molecule has 7 heteroatoms. The lowest BCUT2D eigenvalue weighted by molar-refractivity contribution is -0.121. The van der Waals surface area contributed by atoms with Crippen molar-refractivity contribution in [3.8, 4) is 0 Å². The lowest BCUT2D eigenvalue weighted by Crippen LogP contribution is -2.41. The van der Waals surface area contributed by atoms with E-state index in [0.29, 0.717) is 22.2 Å². The molecule has 0 spiro atoms. The SMILES string of the molecule is O=C(Nc1ccc(Cl)c(Cl)c1)[C@@H]1[C@H](c2ccncc2)[C@@H]2O[C@H]1C[C@H]2O. The molecule has 1 amide bonds. The standard InChI is InChI=1S/C18H16Cl2N2O3/c19-11-2-1-10(7-12(11)20)22-18(24)16-14-8-13(23)17(25-14)15(16)9-3-5-21-6-4-9/h1-7,13-17,23H,8H2,(H,22,24)/t13-,14+,15+,16+,17-/m1/s1. The first kappa shape index (κ1) is 16.8. The molecule has 0 radical (unpaired) electrons. The van der Waals surface area contributed by atoms with Gasteiger partial charge < -0.3 is 15.2 Å². The van der Waals surface area contributed by atoms with Gasteiger partial charge in [-0.15, -0.1) is 0 Å². The van der Waals surface area contributed by atoms with Gasteiger partial charge in [-0.2, -0.15) is 0 Å². The summed E-state index contributed by atoms with van der Waals surface area (Å²) in [4.78, 5) is 16.9. The summed E-state index contributed by atoms with van der Waals surface area (Å²) in [6.07, 6.45) is 2.59. The highest BCUT2D eigenvalue weighted by Gasteiger charge is 2.56. The van der Waals surface area contributed by atoms with Gasteiger partial charge >= 0.3 is 0 Å². The summed E-state index contributed by atoms with van der Waals surface area (Å²) in [5, 5.41) is 13.9. The van der Waals surface area contributed by atoms with Crippen LogP contribution in [0.4, 0.5) is 5.69 Å². The maximum absolute atomic E-state index is 12.9. The normalized spacial score (nSPS) is 30.4. The zero-order valence-corrected chi connectivity index (χ0v) is 14.6. The van der Waals surface area contributed by atoms with Gasteiger partial charge in [0.2, 0.25) is 5.91 Å². The van der Waals surface area contributed by atoms with Gasteiger partial charge in [0.25, 0.3) is 0 Å². The predicted octanol–water partition coefficient (Wildman–Crippen LogP) is 3.26. The van der Waals surface area contributed by atoms with Crippen LogP contribution < -0.4 is 5.32 Å². The molecule has 0 unspecified atom stereocenters. The molecule has 5 nitrogen and oxygen atoms in total. The number of fused-ring (bicyclic) bond motifs is 2. The number of carbonyl (C=O) groups is 1. The fourth-order valence-corrected chi connectivity index (χ4v) is 4.12. The number of hydrogen-bond acceptors (Lipinski definition) is 4. The number of ether oxygens (including phenoxy) is 1. The molecular weight excluding hydrogens is 363 g/mol.